The molecule has 1 heterocycles. The van der Waals surface area contributed by atoms with E-state index in [2.05, 4.69) is 66.4 Å². The van der Waals surface area contributed by atoms with Crippen LogP contribution in [0.3, 0.4) is 0 Å². The Balaban J connectivity index is 1.51. The van der Waals surface area contributed by atoms with E-state index in [-0.39, 0.29) is 0 Å². The van der Waals surface area contributed by atoms with Crippen LogP contribution in [0.1, 0.15) is 186 Å². The van der Waals surface area contributed by atoms with Gasteiger partial charge in [0.2, 0.25) is 0 Å². The molecule has 0 aliphatic carbocycles. The van der Waals surface area contributed by atoms with Crippen molar-refractivity contribution in [1.82, 2.24) is 9.80 Å². The van der Waals surface area contributed by atoms with Crippen molar-refractivity contribution in [3.63, 3.8) is 0 Å². The van der Waals surface area contributed by atoms with Crippen molar-refractivity contribution < 1.29 is 0 Å². The molecule has 1 aromatic carbocycles. The van der Waals surface area contributed by atoms with Gasteiger partial charge in [-0.15, -0.1) is 0 Å². The quantitative estimate of drug-likeness (QED) is 0.0954. The minimum absolute atomic E-state index is 0.395. The third kappa shape index (κ3) is 16.7. The largest absolute Gasteiger partial charge is 0.352 e. The summed E-state index contributed by atoms with van der Waals surface area (Å²) < 4.78 is 0. The molecule has 230 valence electrons. The Bertz CT molecular complexity index is 684. The highest BCUT2D eigenvalue weighted by Gasteiger charge is 2.26. The molecule has 2 heteroatoms. The van der Waals surface area contributed by atoms with Crippen LogP contribution in [0, 0.1) is 0 Å². The first kappa shape index (κ1) is 34.8. The summed E-state index contributed by atoms with van der Waals surface area (Å²) >= 11 is 0. The van der Waals surface area contributed by atoms with Gasteiger partial charge in [-0.05, 0) is 18.4 Å². The highest BCUT2D eigenvalue weighted by atomic mass is 15.4. The van der Waals surface area contributed by atoms with Crippen LogP contribution >= 0.6 is 0 Å². The summed E-state index contributed by atoms with van der Waals surface area (Å²) in [4.78, 5) is 5.20. The standard InChI is InChI=1S/C38H68N2/c1-3-5-7-9-11-13-14-15-16-17-18-19-21-23-25-30-34-40-36-35-39(38(40)37-31-27-26-28-32-37)33-29-24-22-20-12-10-8-6-4-2/h26-28,31-32,35-36,38H,3-25,29-30,33-34H2,1-2H3. The van der Waals surface area contributed by atoms with Gasteiger partial charge >= 0.3 is 0 Å². The molecule has 0 saturated heterocycles. The van der Waals surface area contributed by atoms with Gasteiger partial charge in [0.25, 0.3) is 0 Å². The molecular formula is C38H68N2. The molecule has 40 heavy (non-hydrogen) atoms. The molecule has 1 aliphatic rings. The van der Waals surface area contributed by atoms with Gasteiger partial charge in [0.05, 0.1) is 0 Å². The topological polar surface area (TPSA) is 6.48 Å². The fourth-order valence-electron chi connectivity index (χ4n) is 6.37. The molecule has 1 atom stereocenters. The zero-order valence-electron chi connectivity index (χ0n) is 27.1. The highest BCUT2D eigenvalue weighted by Crippen LogP contribution is 2.31. The monoisotopic (exact) mass is 553 g/mol. The van der Waals surface area contributed by atoms with E-state index in [1.807, 2.05) is 0 Å². The Morgan fingerprint density at radius 1 is 0.400 bits per heavy atom. The minimum Gasteiger partial charge on any atom is -0.352 e. The molecule has 0 saturated carbocycles. The summed E-state index contributed by atoms with van der Waals surface area (Å²) in [5.74, 6) is 0. The number of rotatable bonds is 28. The maximum atomic E-state index is 2.60. The van der Waals surface area contributed by atoms with Crippen molar-refractivity contribution in [3.05, 3.63) is 48.3 Å². The summed E-state index contributed by atoms with van der Waals surface area (Å²) in [6.45, 7) is 6.97. The Morgan fingerprint density at radius 3 is 1.02 bits per heavy atom. The number of benzene rings is 1. The van der Waals surface area contributed by atoms with Crippen LogP contribution in [0.5, 0.6) is 0 Å². The molecule has 0 amide bonds. The Hall–Kier alpha value is -1.44. The van der Waals surface area contributed by atoms with Crippen LogP contribution in [-0.4, -0.2) is 22.9 Å². The van der Waals surface area contributed by atoms with E-state index in [1.165, 1.54) is 179 Å². The molecule has 2 nitrogen and oxygen atoms in total. The van der Waals surface area contributed by atoms with Gasteiger partial charge in [-0.2, -0.15) is 0 Å². The zero-order chi connectivity index (χ0) is 28.4. The van der Waals surface area contributed by atoms with Crippen LogP contribution in [0.15, 0.2) is 42.7 Å². The Morgan fingerprint density at radius 2 is 0.700 bits per heavy atom. The second kappa shape index (κ2) is 25.3. The predicted octanol–water partition coefficient (Wildman–Crippen LogP) is 12.6. The lowest BCUT2D eigenvalue weighted by Gasteiger charge is -2.33. The molecule has 0 spiro atoms. The molecule has 0 aromatic heterocycles. The number of hydrogen-bond acceptors (Lipinski definition) is 2. The van der Waals surface area contributed by atoms with Crippen molar-refractivity contribution >= 4 is 0 Å². The summed E-state index contributed by atoms with van der Waals surface area (Å²) in [5, 5.41) is 0. The third-order valence-corrected chi connectivity index (χ3v) is 8.97. The van der Waals surface area contributed by atoms with Gasteiger partial charge in [0.1, 0.15) is 6.17 Å². The van der Waals surface area contributed by atoms with E-state index in [4.69, 9.17) is 0 Å². The van der Waals surface area contributed by atoms with Crippen molar-refractivity contribution in [2.75, 3.05) is 13.1 Å². The predicted molar refractivity (Wildman–Crippen MR) is 179 cm³/mol. The molecule has 1 aliphatic heterocycles. The van der Waals surface area contributed by atoms with Crippen molar-refractivity contribution in [2.45, 2.75) is 181 Å². The van der Waals surface area contributed by atoms with Crippen LogP contribution in [0.2, 0.25) is 0 Å². The average Bonchev–Trinajstić information content (AvgIpc) is 3.39. The minimum atomic E-state index is 0.395. The smallest absolute Gasteiger partial charge is 0.127 e. The maximum Gasteiger partial charge on any atom is 0.127 e. The van der Waals surface area contributed by atoms with Crippen molar-refractivity contribution in [2.24, 2.45) is 0 Å². The molecule has 0 fully saturated rings. The van der Waals surface area contributed by atoms with E-state index in [0.29, 0.717) is 6.17 Å². The molecule has 2 rings (SSSR count). The number of nitrogens with zero attached hydrogens (tertiary/aromatic N) is 2. The van der Waals surface area contributed by atoms with Crippen LogP contribution < -0.4 is 0 Å². The number of unbranched alkanes of at least 4 members (excludes halogenated alkanes) is 23. The van der Waals surface area contributed by atoms with Gasteiger partial charge in [0, 0.05) is 25.5 Å². The molecule has 1 unspecified atom stereocenters. The van der Waals surface area contributed by atoms with Crippen LogP contribution in [0.4, 0.5) is 0 Å². The van der Waals surface area contributed by atoms with Crippen LogP contribution in [-0.2, 0) is 0 Å². The van der Waals surface area contributed by atoms with E-state index in [0.717, 1.165) is 0 Å². The summed E-state index contributed by atoms with van der Waals surface area (Å²) in [6.07, 6.45) is 40.7. The second-order valence-electron chi connectivity index (χ2n) is 12.7. The zero-order valence-corrected chi connectivity index (χ0v) is 27.1. The van der Waals surface area contributed by atoms with Crippen LogP contribution in [0.25, 0.3) is 0 Å². The summed E-state index contributed by atoms with van der Waals surface area (Å²) in [7, 11) is 0. The van der Waals surface area contributed by atoms with E-state index in [1.54, 1.807) is 0 Å². The number of hydrogen-bond donors (Lipinski definition) is 0. The fourth-order valence-corrected chi connectivity index (χ4v) is 6.37. The SMILES string of the molecule is CCCCCCCCCCCCCCCCCCN1C=CN(CCCCCCCCCCC)C1c1ccccc1. The average molecular weight is 553 g/mol. The van der Waals surface area contributed by atoms with E-state index < -0.39 is 0 Å². The first-order chi connectivity index (χ1) is 19.9. The molecule has 1 aromatic rings. The fraction of sp³-hybridized carbons (Fsp3) is 0.789. The van der Waals surface area contributed by atoms with E-state index in [9.17, 15) is 0 Å². The third-order valence-electron chi connectivity index (χ3n) is 8.97. The molecular weight excluding hydrogens is 484 g/mol. The molecule has 0 radical (unpaired) electrons. The van der Waals surface area contributed by atoms with Gasteiger partial charge in [-0.1, -0.05) is 192 Å². The second-order valence-corrected chi connectivity index (χ2v) is 12.7. The summed E-state index contributed by atoms with van der Waals surface area (Å²) in [5.41, 5.74) is 1.44. The lowest BCUT2D eigenvalue weighted by atomic mass is 10.0. The Labute approximate surface area is 251 Å². The molecule has 0 N–H and O–H groups in total. The normalized spacial score (nSPS) is 15.0. The van der Waals surface area contributed by atoms with Gasteiger partial charge in [-0.3, -0.25) is 0 Å². The van der Waals surface area contributed by atoms with E-state index >= 15 is 0 Å². The first-order valence-electron chi connectivity index (χ1n) is 18.1. The van der Waals surface area contributed by atoms with Gasteiger partial charge < -0.3 is 9.80 Å². The highest BCUT2D eigenvalue weighted by molar-refractivity contribution is 5.21. The Kier molecular flexibility index (Phi) is 22.0. The molecule has 0 bridgehead atoms. The maximum absolute atomic E-state index is 2.60. The summed E-state index contributed by atoms with van der Waals surface area (Å²) in [6, 6.07) is 11.2. The lowest BCUT2D eigenvalue weighted by Crippen LogP contribution is -2.32. The lowest BCUT2D eigenvalue weighted by molar-refractivity contribution is 0.149. The van der Waals surface area contributed by atoms with Crippen molar-refractivity contribution in [1.29, 1.82) is 0 Å². The first-order valence-corrected chi connectivity index (χ1v) is 18.1. The van der Waals surface area contributed by atoms with Crippen molar-refractivity contribution in [3.8, 4) is 0 Å². The van der Waals surface area contributed by atoms with Gasteiger partial charge in [0.15, 0.2) is 0 Å². The van der Waals surface area contributed by atoms with Gasteiger partial charge in [-0.25, -0.2) is 0 Å².